The summed E-state index contributed by atoms with van der Waals surface area (Å²) in [4.78, 5) is 12.2. The summed E-state index contributed by atoms with van der Waals surface area (Å²) in [5, 5.41) is 14.3. The van der Waals surface area contributed by atoms with Crippen molar-refractivity contribution in [2.45, 2.75) is 6.92 Å². The van der Waals surface area contributed by atoms with Crippen LogP contribution < -0.4 is 15.5 Å². The first-order valence-electron chi connectivity index (χ1n) is 6.31. The van der Waals surface area contributed by atoms with E-state index in [0.29, 0.717) is 22.7 Å². The summed E-state index contributed by atoms with van der Waals surface area (Å²) in [7, 11) is 1.55. The largest absolute Gasteiger partial charge is 0.496 e. The molecular formula is C15H15N4O2+. The number of nitrogens with zero attached hydrogens (tertiary/aromatic N) is 2. The van der Waals surface area contributed by atoms with Gasteiger partial charge in [0.05, 0.1) is 12.8 Å². The van der Waals surface area contributed by atoms with Crippen LogP contribution in [0.15, 0.2) is 42.5 Å². The quantitative estimate of drug-likeness (QED) is 0.665. The topological polar surface area (TPSA) is 78.5 Å². The maximum absolute atomic E-state index is 12.2. The monoisotopic (exact) mass is 283 g/mol. The highest BCUT2D eigenvalue weighted by Crippen LogP contribution is 2.31. The molecule has 0 saturated heterocycles. The zero-order chi connectivity index (χ0) is 15.2. The Labute approximate surface area is 122 Å². The third kappa shape index (κ3) is 3.28. The molecular weight excluding hydrogens is 268 g/mol. The fourth-order valence-electron chi connectivity index (χ4n) is 1.94. The third-order valence-corrected chi connectivity index (χ3v) is 2.99. The predicted molar refractivity (Wildman–Crippen MR) is 80.8 cm³/mol. The number of rotatable bonds is 4. The summed E-state index contributed by atoms with van der Waals surface area (Å²) in [6, 6.07) is 12.2. The molecule has 0 aliphatic rings. The number of diazo groups is 1. The zero-order valence-corrected chi connectivity index (χ0v) is 11.8. The third-order valence-electron chi connectivity index (χ3n) is 2.99. The fraction of sp³-hybridized carbons (Fsp3) is 0.133. The Kier molecular flexibility index (Phi) is 4.36. The van der Waals surface area contributed by atoms with E-state index < -0.39 is 0 Å². The Balaban J connectivity index is 2.34. The van der Waals surface area contributed by atoms with Gasteiger partial charge >= 0.3 is 5.08 Å². The summed E-state index contributed by atoms with van der Waals surface area (Å²) in [6.45, 7) is 1.85. The standard InChI is InChI=1S/C15H14N4O2/c1-10-8-13(18-19-16)12(9-14(10)21-2)17-15(20)11-6-4-3-5-7-11/h3-9,16H,1-2H3/p+1. The van der Waals surface area contributed by atoms with Crippen LogP contribution in [0.5, 0.6) is 5.75 Å². The van der Waals surface area contributed by atoms with Crippen LogP contribution in [0.4, 0.5) is 11.4 Å². The first-order valence-corrected chi connectivity index (χ1v) is 6.31. The van der Waals surface area contributed by atoms with Gasteiger partial charge in [-0.05, 0) is 36.1 Å². The lowest BCUT2D eigenvalue weighted by Crippen LogP contribution is -2.13. The van der Waals surface area contributed by atoms with Crippen LogP contribution in [0.1, 0.15) is 15.9 Å². The van der Waals surface area contributed by atoms with E-state index in [1.807, 2.05) is 13.0 Å². The molecule has 21 heavy (non-hydrogen) atoms. The number of hydrogen-bond donors (Lipinski definition) is 2. The fourth-order valence-corrected chi connectivity index (χ4v) is 1.94. The Hall–Kier alpha value is -3.07. The van der Waals surface area contributed by atoms with Crippen molar-refractivity contribution in [1.29, 1.82) is 5.39 Å². The van der Waals surface area contributed by atoms with Crippen molar-refractivity contribution in [2.75, 3.05) is 17.9 Å². The highest BCUT2D eigenvalue weighted by atomic mass is 16.5. The molecule has 0 bridgehead atoms. The number of anilines is 2. The summed E-state index contributed by atoms with van der Waals surface area (Å²) >= 11 is 0. The van der Waals surface area contributed by atoms with E-state index in [2.05, 4.69) is 15.8 Å². The molecule has 0 aliphatic carbocycles. The molecule has 6 heteroatoms. The number of ether oxygens (including phenoxy) is 1. The molecule has 0 radical (unpaired) electrons. The number of methoxy groups -OCH3 is 1. The predicted octanol–water partition coefficient (Wildman–Crippen LogP) is 3.44. The van der Waals surface area contributed by atoms with E-state index in [4.69, 9.17) is 10.1 Å². The molecule has 0 fully saturated rings. The minimum Gasteiger partial charge on any atom is -0.496 e. The summed E-state index contributed by atoms with van der Waals surface area (Å²) < 4.78 is 5.23. The second kappa shape index (κ2) is 6.39. The molecule has 0 heterocycles. The van der Waals surface area contributed by atoms with Crippen LogP contribution in [0.25, 0.3) is 5.08 Å². The Morgan fingerprint density at radius 3 is 2.52 bits per heavy atom. The summed E-state index contributed by atoms with van der Waals surface area (Å²) in [6.07, 6.45) is 0. The number of carbonyl (C=O) groups excluding carboxylic acids is 1. The second-order valence-electron chi connectivity index (χ2n) is 4.40. The van der Waals surface area contributed by atoms with Crippen molar-refractivity contribution in [2.24, 2.45) is 0 Å². The number of carbonyl (C=O) groups is 1. The van der Waals surface area contributed by atoms with Gasteiger partial charge in [0.1, 0.15) is 11.4 Å². The average molecular weight is 283 g/mol. The molecule has 0 aromatic heterocycles. The summed E-state index contributed by atoms with van der Waals surface area (Å²) in [5.74, 6) is 0.365. The van der Waals surface area contributed by atoms with Gasteiger partial charge in [-0.15, -0.1) is 0 Å². The molecule has 106 valence electrons. The Morgan fingerprint density at radius 2 is 1.90 bits per heavy atom. The van der Waals surface area contributed by atoms with Gasteiger partial charge in [0.15, 0.2) is 0 Å². The van der Waals surface area contributed by atoms with Gasteiger partial charge in [-0.25, -0.2) is 0 Å². The van der Waals surface area contributed by atoms with Crippen LogP contribution in [0.3, 0.4) is 0 Å². The maximum atomic E-state index is 12.2. The SMILES string of the molecule is COc1cc(NC(=O)c2ccccc2)c(N[N+]#N)cc1C. The highest BCUT2D eigenvalue weighted by Gasteiger charge is 2.14. The van der Waals surface area contributed by atoms with Crippen LogP contribution in [-0.4, -0.2) is 13.0 Å². The molecule has 0 spiro atoms. The first kappa shape index (κ1) is 14.3. The Morgan fingerprint density at radius 1 is 1.19 bits per heavy atom. The van der Waals surface area contributed by atoms with Crippen LogP contribution in [-0.2, 0) is 0 Å². The molecule has 2 rings (SSSR count). The van der Waals surface area contributed by atoms with E-state index >= 15 is 0 Å². The van der Waals surface area contributed by atoms with Crippen LogP contribution in [0, 0.1) is 12.3 Å². The molecule has 0 saturated carbocycles. The molecule has 2 aromatic carbocycles. The lowest BCUT2D eigenvalue weighted by molar-refractivity contribution is 0.102. The molecule has 0 unspecified atom stereocenters. The maximum Gasteiger partial charge on any atom is 0.308 e. The van der Waals surface area contributed by atoms with Crippen LogP contribution in [0.2, 0.25) is 0 Å². The number of aryl methyl sites for hydroxylation is 1. The highest BCUT2D eigenvalue weighted by molar-refractivity contribution is 6.06. The van der Waals surface area contributed by atoms with Gasteiger partial charge in [-0.3, -0.25) is 4.79 Å². The first-order chi connectivity index (χ1) is 10.2. The van der Waals surface area contributed by atoms with Crippen molar-refractivity contribution in [3.8, 4) is 5.75 Å². The molecule has 2 aromatic rings. The van der Waals surface area contributed by atoms with Crippen molar-refractivity contribution in [1.82, 2.24) is 0 Å². The molecule has 6 nitrogen and oxygen atoms in total. The lowest BCUT2D eigenvalue weighted by atomic mass is 10.1. The molecule has 0 aliphatic heterocycles. The normalized spacial score (nSPS) is 9.57. The summed E-state index contributed by atoms with van der Waals surface area (Å²) in [5.41, 5.74) is 4.75. The number of nitrogens with one attached hydrogen (secondary N) is 2. The minimum absolute atomic E-state index is 0.262. The van der Waals surface area contributed by atoms with Crippen molar-refractivity contribution < 1.29 is 9.53 Å². The van der Waals surface area contributed by atoms with Crippen molar-refractivity contribution in [3.05, 3.63) is 58.7 Å². The van der Waals surface area contributed by atoms with Gasteiger partial charge < -0.3 is 10.1 Å². The van der Waals surface area contributed by atoms with E-state index in [-0.39, 0.29) is 5.91 Å². The van der Waals surface area contributed by atoms with E-state index in [1.165, 1.54) is 0 Å². The Bertz CT molecular complexity index is 693. The number of benzene rings is 2. The molecule has 2 N–H and O–H groups in total. The van der Waals surface area contributed by atoms with Crippen LogP contribution >= 0.6 is 0 Å². The van der Waals surface area contributed by atoms with Gasteiger partial charge in [-0.2, -0.15) is 0 Å². The van der Waals surface area contributed by atoms with E-state index in [0.717, 1.165) is 5.56 Å². The van der Waals surface area contributed by atoms with Crippen molar-refractivity contribution >= 4 is 17.3 Å². The van der Waals surface area contributed by atoms with Gasteiger partial charge in [0.25, 0.3) is 11.3 Å². The molecule has 1 amide bonds. The average Bonchev–Trinajstić information content (AvgIpc) is 2.51. The van der Waals surface area contributed by atoms with Gasteiger partial charge in [0.2, 0.25) is 0 Å². The smallest absolute Gasteiger partial charge is 0.308 e. The lowest BCUT2D eigenvalue weighted by Gasteiger charge is -2.11. The van der Waals surface area contributed by atoms with E-state index in [9.17, 15) is 4.79 Å². The van der Waals surface area contributed by atoms with E-state index in [1.54, 1.807) is 43.5 Å². The van der Waals surface area contributed by atoms with Crippen molar-refractivity contribution in [3.63, 3.8) is 0 Å². The van der Waals surface area contributed by atoms with Gasteiger partial charge in [0, 0.05) is 11.6 Å². The number of hydrogen-bond acceptors (Lipinski definition) is 4. The number of amides is 1. The zero-order valence-electron chi connectivity index (χ0n) is 11.8. The van der Waals surface area contributed by atoms with Gasteiger partial charge in [-0.1, -0.05) is 18.2 Å². The minimum atomic E-state index is -0.262. The second-order valence-corrected chi connectivity index (χ2v) is 4.40. The molecule has 0 atom stereocenters.